The lowest BCUT2D eigenvalue weighted by Crippen LogP contribution is -2.35. The lowest BCUT2D eigenvalue weighted by Gasteiger charge is -2.17. The van der Waals surface area contributed by atoms with Crippen LogP contribution in [0, 0.1) is 0 Å². The first-order chi connectivity index (χ1) is 16.1. The Morgan fingerprint density at radius 1 is 0.939 bits per heavy atom. The van der Waals surface area contributed by atoms with Crippen molar-refractivity contribution < 1.29 is 4.57 Å². The molecule has 2 aromatic heterocycles. The van der Waals surface area contributed by atoms with E-state index in [0.717, 1.165) is 27.3 Å². The number of para-hydroxylation sites is 2. The van der Waals surface area contributed by atoms with Crippen molar-refractivity contribution in [2.24, 2.45) is 0 Å². The minimum Gasteiger partial charge on any atom is -0.335 e. The molecular weight excluding hydrogens is 467 g/mol. The van der Waals surface area contributed by atoms with Gasteiger partial charge in [-0.3, -0.25) is 9.36 Å². The van der Waals surface area contributed by atoms with E-state index in [1.165, 1.54) is 25.8 Å². The average Bonchev–Trinajstić information content (AvgIpc) is 3.47. The van der Waals surface area contributed by atoms with Crippen LogP contribution in [0.3, 0.4) is 0 Å². The summed E-state index contributed by atoms with van der Waals surface area (Å²) < 4.78 is 7.23. The van der Waals surface area contributed by atoms with Gasteiger partial charge in [-0.1, -0.05) is 47.4 Å². The largest absolute Gasteiger partial charge is 0.335 e. The van der Waals surface area contributed by atoms with Crippen molar-refractivity contribution >= 4 is 62.5 Å². The molecule has 168 valence electrons. The van der Waals surface area contributed by atoms with Crippen molar-refractivity contribution in [2.75, 3.05) is 11.4 Å². The van der Waals surface area contributed by atoms with Crippen molar-refractivity contribution in [3.05, 3.63) is 84.2 Å². The topological polar surface area (TPSA) is 29.1 Å². The predicted molar refractivity (Wildman–Crippen MR) is 143 cm³/mol. The molecule has 0 fully saturated rings. The van der Waals surface area contributed by atoms with Crippen molar-refractivity contribution in [3.63, 3.8) is 0 Å². The number of hydrogen-bond acceptors (Lipinski definition) is 5. The molecule has 4 nitrogen and oxygen atoms in total. The van der Waals surface area contributed by atoms with Crippen LogP contribution in [0.25, 0.3) is 22.4 Å². The van der Waals surface area contributed by atoms with E-state index < -0.39 is 0 Å². The second-order valence-corrected chi connectivity index (χ2v) is 10.8. The second kappa shape index (κ2) is 9.33. The smallest absolute Gasteiger partial charge is 0.269 e. The fourth-order valence-electron chi connectivity index (χ4n) is 4.20. The number of allylic oxidation sites excluding steroid dienone is 1. The number of anilines is 1. The summed E-state index contributed by atoms with van der Waals surface area (Å²) in [6, 6.07) is 16.9. The zero-order chi connectivity index (χ0) is 22.9. The number of benzene rings is 2. The van der Waals surface area contributed by atoms with Crippen LogP contribution in [0.2, 0.25) is 0 Å². The monoisotopic (exact) mass is 492 g/mol. The van der Waals surface area contributed by atoms with Gasteiger partial charge in [0, 0.05) is 24.1 Å². The fraction of sp³-hybridized carbons (Fsp3) is 0.231. The molecule has 0 saturated heterocycles. The van der Waals surface area contributed by atoms with E-state index in [9.17, 15) is 4.79 Å². The summed E-state index contributed by atoms with van der Waals surface area (Å²) in [5.41, 5.74) is 2.57. The van der Waals surface area contributed by atoms with Crippen molar-refractivity contribution in [3.8, 4) is 0 Å². The molecule has 0 unspecified atom stereocenters. The standard InChI is InChI=1S/C26H26N3OS3/c1-4-27-18-11-7-9-13-20(18)31-23(27)16-15-22-26(30)29(6-3)25(33-22)17-24-28(5-2)19-12-8-10-14-21(19)32-24/h7-17H,4-6H2,1-3H3/q+1/b22-15-,23-16+. The fourth-order valence-corrected chi connectivity index (χ4v) is 7.62. The van der Waals surface area contributed by atoms with Gasteiger partial charge in [-0.05, 0) is 51.1 Å². The Morgan fingerprint density at radius 2 is 1.73 bits per heavy atom. The summed E-state index contributed by atoms with van der Waals surface area (Å²) in [6.07, 6.45) is 6.26. The minimum atomic E-state index is 0.0818. The number of fused-ring (bicyclic) bond motifs is 2. The van der Waals surface area contributed by atoms with Gasteiger partial charge in [0.05, 0.1) is 21.3 Å². The third-order valence-corrected chi connectivity index (χ3v) is 9.10. The molecule has 33 heavy (non-hydrogen) atoms. The maximum Gasteiger partial charge on any atom is 0.269 e. The summed E-state index contributed by atoms with van der Waals surface area (Å²) in [5.74, 6) is 0. The summed E-state index contributed by atoms with van der Waals surface area (Å²) in [7, 11) is 0. The molecule has 5 rings (SSSR count). The van der Waals surface area contributed by atoms with Gasteiger partial charge in [0.15, 0.2) is 0 Å². The van der Waals surface area contributed by atoms with Crippen molar-refractivity contribution in [1.82, 2.24) is 4.57 Å². The molecule has 3 heterocycles. The van der Waals surface area contributed by atoms with Gasteiger partial charge in [-0.25, -0.2) is 0 Å². The van der Waals surface area contributed by atoms with Crippen molar-refractivity contribution in [2.45, 2.75) is 38.8 Å². The summed E-state index contributed by atoms with van der Waals surface area (Å²) in [6.45, 7) is 8.81. The second-order valence-electron chi connectivity index (χ2n) is 7.64. The van der Waals surface area contributed by atoms with Crippen LogP contribution < -0.4 is 24.2 Å². The quantitative estimate of drug-likeness (QED) is 0.383. The van der Waals surface area contributed by atoms with E-state index in [1.54, 1.807) is 34.4 Å². The molecule has 0 aliphatic carbocycles. The first-order valence-corrected chi connectivity index (χ1v) is 13.7. The minimum absolute atomic E-state index is 0.0818. The molecule has 0 N–H and O–H groups in total. The number of aryl methyl sites for hydroxylation is 1. The molecule has 0 radical (unpaired) electrons. The Kier molecular flexibility index (Phi) is 6.27. The lowest BCUT2D eigenvalue weighted by atomic mass is 10.3. The van der Waals surface area contributed by atoms with Gasteiger partial charge in [-0.15, -0.1) is 11.3 Å². The van der Waals surface area contributed by atoms with Gasteiger partial charge >= 0.3 is 0 Å². The summed E-state index contributed by atoms with van der Waals surface area (Å²) >= 11 is 5.11. The van der Waals surface area contributed by atoms with Gasteiger partial charge in [0.1, 0.15) is 15.9 Å². The molecule has 7 heteroatoms. The Bertz CT molecular complexity index is 1540. The number of nitrogens with zero attached hydrogens (tertiary/aromatic N) is 3. The highest BCUT2D eigenvalue weighted by Gasteiger charge is 2.22. The van der Waals surface area contributed by atoms with Crippen LogP contribution >= 0.6 is 34.4 Å². The van der Waals surface area contributed by atoms with Gasteiger partial charge < -0.3 is 4.90 Å². The first-order valence-electron chi connectivity index (χ1n) is 11.2. The van der Waals surface area contributed by atoms with E-state index >= 15 is 0 Å². The predicted octanol–water partition coefficient (Wildman–Crippen LogP) is 4.53. The summed E-state index contributed by atoms with van der Waals surface area (Å²) in [5, 5.41) is 2.33. The number of thiazole rings is 2. The molecule has 1 aliphatic heterocycles. The Balaban J connectivity index is 1.60. The maximum atomic E-state index is 13.2. The third kappa shape index (κ3) is 3.98. The molecule has 0 amide bonds. The molecule has 0 bridgehead atoms. The highest BCUT2D eigenvalue weighted by molar-refractivity contribution is 8.03. The van der Waals surface area contributed by atoms with Crippen LogP contribution in [0.15, 0.2) is 69.3 Å². The lowest BCUT2D eigenvalue weighted by molar-refractivity contribution is -0.665. The molecule has 2 aromatic carbocycles. The summed E-state index contributed by atoms with van der Waals surface area (Å²) in [4.78, 5) is 16.7. The number of aromatic nitrogens is 2. The highest BCUT2D eigenvalue weighted by Crippen LogP contribution is 2.45. The maximum absolute atomic E-state index is 13.2. The average molecular weight is 493 g/mol. The van der Waals surface area contributed by atoms with Crippen LogP contribution in [-0.4, -0.2) is 11.1 Å². The van der Waals surface area contributed by atoms with Gasteiger partial charge in [0.25, 0.3) is 10.6 Å². The zero-order valence-corrected chi connectivity index (χ0v) is 21.4. The molecule has 0 saturated carbocycles. The van der Waals surface area contributed by atoms with E-state index in [-0.39, 0.29) is 5.56 Å². The van der Waals surface area contributed by atoms with E-state index in [0.29, 0.717) is 6.54 Å². The number of hydrogen-bond donors (Lipinski definition) is 0. The number of rotatable bonds is 5. The Hall–Kier alpha value is -2.61. The SMILES string of the molecule is CCN1/C(=C\C=c2/s/c(=C\c3sc4ccccc4[n+]3CC)n(CC)c2=O)Sc2ccccc21. The Labute approximate surface area is 205 Å². The van der Waals surface area contributed by atoms with Crippen molar-refractivity contribution in [1.29, 1.82) is 0 Å². The molecule has 4 aromatic rings. The molecule has 1 aliphatic rings. The zero-order valence-electron chi connectivity index (χ0n) is 18.9. The Morgan fingerprint density at radius 3 is 2.52 bits per heavy atom. The van der Waals surface area contributed by atoms with Crippen LogP contribution in [0.1, 0.15) is 25.8 Å². The first kappa shape index (κ1) is 22.2. The van der Waals surface area contributed by atoms with Gasteiger partial charge in [-0.2, -0.15) is 4.57 Å². The van der Waals surface area contributed by atoms with Crippen LogP contribution in [0.4, 0.5) is 5.69 Å². The van der Waals surface area contributed by atoms with Crippen LogP contribution in [0.5, 0.6) is 0 Å². The molecule has 0 atom stereocenters. The van der Waals surface area contributed by atoms with Gasteiger partial charge in [0.2, 0.25) is 5.52 Å². The van der Waals surface area contributed by atoms with Crippen LogP contribution in [-0.2, 0) is 13.1 Å². The highest BCUT2D eigenvalue weighted by atomic mass is 32.2. The molecule has 0 spiro atoms. The normalized spacial score (nSPS) is 15.8. The van der Waals surface area contributed by atoms with E-state index in [4.69, 9.17) is 0 Å². The molecular formula is C26H26N3OS3+. The number of thioether (sulfide) groups is 1. The third-order valence-electron chi connectivity index (χ3n) is 5.78. The van der Waals surface area contributed by atoms with E-state index in [1.807, 2.05) is 17.6 Å². The van der Waals surface area contributed by atoms with E-state index in [2.05, 4.69) is 84.0 Å².